The first-order valence-corrected chi connectivity index (χ1v) is 8.53. The molecule has 3 rings (SSSR count). The molecule has 2 aromatic carbocycles. The van der Waals surface area contributed by atoms with Crippen molar-refractivity contribution in [2.45, 2.75) is 16.1 Å². The monoisotopic (exact) mass is 371 g/mol. The number of benzene rings is 2. The van der Waals surface area contributed by atoms with Crippen molar-refractivity contribution in [2.75, 3.05) is 0 Å². The Kier molecular flexibility index (Phi) is 4.01. The molecule has 0 bridgehead atoms. The molecule has 0 aliphatic rings. The van der Waals surface area contributed by atoms with Gasteiger partial charge in [0.15, 0.2) is 5.03 Å². The first-order valence-electron chi connectivity index (χ1n) is 6.66. The normalized spacial score (nSPS) is 12.5. The zero-order chi connectivity index (χ0) is 17.5. The minimum Gasteiger partial charge on any atom is -0.236 e. The predicted octanol–water partition coefficient (Wildman–Crippen LogP) is 4.74. The summed E-state index contributed by atoms with van der Waals surface area (Å²) in [5.41, 5.74) is -0.491. The van der Waals surface area contributed by atoms with Crippen molar-refractivity contribution < 1.29 is 21.6 Å². The first kappa shape index (κ1) is 16.7. The summed E-state index contributed by atoms with van der Waals surface area (Å²) in [5.74, 6) is 0. The fourth-order valence-electron chi connectivity index (χ4n) is 2.17. The van der Waals surface area contributed by atoms with E-state index in [1.807, 2.05) is 0 Å². The molecule has 0 aliphatic carbocycles. The number of rotatable bonds is 2. The molecule has 0 fully saturated rings. The van der Waals surface area contributed by atoms with E-state index in [2.05, 4.69) is 4.98 Å². The van der Waals surface area contributed by atoms with Crippen molar-refractivity contribution >= 4 is 32.3 Å². The average Bonchev–Trinajstić information content (AvgIpc) is 2.53. The third-order valence-electron chi connectivity index (χ3n) is 3.39. The molecular formula is C16H9ClF3NO2S. The second-order valence-electron chi connectivity index (χ2n) is 5.01. The van der Waals surface area contributed by atoms with Gasteiger partial charge in [-0.15, -0.1) is 0 Å². The number of pyridine rings is 1. The van der Waals surface area contributed by atoms with E-state index in [4.69, 9.17) is 11.6 Å². The van der Waals surface area contributed by atoms with Gasteiger partial charge in [0.2, 0.25) is 9.84 Å². The van der Waals surface area contributed by atoms with Gasteiger partial charge in [0, 0.05) is 10.4 Å². The highest BCUT2D eigenvalue weighted by Gasteiger charge is 2.31. The van der Waals surface area contributed by atoms with Gasteiger partial charge in [0.1, 0.15) is 0 Å². The highest BCUT2D eigenvalue weighted by molar-refractivity contribution is 7.91. The smallest absolute Gasteiger partial charge is 0.236 e. The third kappa shape index (κ3) is 3.09. The Hall–Kier alpha value is -2.12. The van der Waals surface area contributed by atoms with Crippen molar-refractivity contribution in [2.24, 2.45) is 0 Å². The highest BCUT2D eigenvalue weighted by Crippen LogP contribution is 2.31. The van der Waals surface area contributed by atoms with E-state index in [0.29, 0.717) is 15.9 Å². The lowest BCUT2D eigenvalue weighted by atomic mass is 10.2. The average molecular weight is 372 g/mol. The molecule has 0 spiro atoms. The number of hydrogen-bond donors (Lipinski definition) is 0. The van der Waals surface area contributed by atoms with Gasteiger partial charge in [-0.1, -0.05) is 11.6 Å². The van der Waals surface area contributed by atoms with Gasteiger partial charge in [-0.2, -0.15) is 13.2 Å². The van der Waals surface area contributed by atoms with Crippen LogP contribution >= 0.6 is 11.6 Å². The number of halogens is 4. The summed E-state index contributed by atoms with van der Waals surface area (Å²) in [6.07, 6.45) is -4.53. The SMILES string of the molecule is O=S(=O)(c1ccc(C(F)(F)F)cc1)c1ccc2cc(Cl)ccc2n1. The molecule has 0 saturated heterocycles. The van der Waals surface area contributed by atoms with Crippen LogP contribution in [-0.2, 0) is 16.0 Å². The minimum atomic E-state index is -4.53. The Morgan fingerprint density at radius 2 is 1.58 bits per heavy atom. The molecule has 0 radical (unpaired) electrons. The lowest BCUT2D eigenvalue weighted by molar-refractivity contribution is -0.137. The van der Waals surface area contributed by atoms with Crippen LogP contribution in [0.25, 0.3) is 10.9 Å². The topological polar surface area (TPSA) is 47.0 Å². The van der Waals surface area contributed by atoms with Crippen LogP contribution in [0, 0.1) is 0 Å². The second kappa shape index (κ2) is 5.75. The summed E-state index contributed by atoms with van der Waals surface area (Å²) >= 11 is 5.86. The van der Waals surface area contributed by atoms with E-state index >= 15 is 0 Å². The van der Waals surface area contributed by atoms with Crippen LogP contribution in [0.2, 0.25) is 5.02 Å². The molecule has 1 aromatic heterocycles. The Labute approximate surface area is 140 Å². The van der Waals surface area contributed by atoms with Crippen LogP contribution in [0.5, 0.6) is 0 Å². The molecule has 1 heterocycles. The van der Waals surface area contributed by atoms with Gasteiger partial charge < -0.3 is 0 Å². The largest absolute Gasteiger partial charge is 0.416 e. The first-order chi connectivity index (χ1) is 11.2. The fourth-order valence-corrected chi connectivity index (χ4v) is 3.55. The minimum absolute atomic E-state index is 0.239. The van der Waals surface area contributed by atoms with Crippen LogP contribution in [0.15, 0.2) is 64.5 Å². The van der Waals surface area contributed by atoms with Gasteiger partial charge in [0.25, 0.3) is 0 Å². The van der Waals surface area contributed by atoms with Crippen molar-refractivity contribution in [1.82, 2.24) is 4.98 Å². The molecule has 0 unspecified atom stereocenters. The summed E-state index contributed by atoms with van der Waals surface area (Å²) in [4.78, 5) is 3.81. The van der Waals surface area contributed by atoms with Crippen molar-refractivity contribution in [3.8, 4) is 0 Å². The Bertz CT molecular complexity index is 1020. The van der Waals surface area contributed by atoms with Crippen LogP contribution in [-0.4, -0.2) is 13.4 Å². The summed E-state index contributed by atoms with van der Waals surface area (Å²) in [5, 5.41) is 0.911. The van der Waals surface area contributed by atoms with Gasteiger partial charge >= 0.3 is 6.18 Å². The van der Waals surface area contributed by atoms with E-state index in [0.717, 1.165) is 24.3 Å². The van der Waals surface area contributed by atoms with Crippen molar-refractivity contribution in [3.63, 3.8) is 0 Å². The van der Waals surface area contributed by atoms with Crippen molar-refractivity contribution in [1.29, 1.82) is 0 Å². The van der Waals surface area contributed by atoms with Crippen LogP contribution in [0.4, 0.5) is 13.2 Å². The van der Waals surface area contributed by atoms with Crippen LogP contribution in [0.1, 0.15) is 5.56 Å². The van der Waals surface area contributed by atoms with E-state index < -0.39 is 21.6 Å². The van der Waals surface area contributed by atoms with Gasteiger partial charge in [-0.25, -0.2) is 13.4 Å². The number of hydrogen-bond acceptors (Lipinski definition) is 3. The standard InChI is InChI=1S/C16H9ClF3NO2S/c17-12-4-7-14-10(9-12)1-8-15(21-14)24(22,23)13-5-2-11(3-6-13)16(18,19)20/h1-9H. The molecule has 3 aromatic rings. The number of fused-ring (bicyclic) bond motifs is 1. The molecule has 0 N–H and O–H groups in total. The molecule has 3 nitrogen and oxygen atoms in total. The van der Waals surface area contributed by atoms with E-state index in [-0.39, 0.29) is 9.92 Å². The molecule has 0 atom stereocenters. The van der Waals surface area contributed by atoms with E-state index in [1.54, 1.807) is 24.3 Å². The Balaban J connectivity index is 2.05. The third-order valence-corrected chi connectivity index (χ3v) is 5.30. The lowest BCUT2D eigenvalue weighted by Gasteiger charge is -2.08. The predicted molar refractivity (Wildman–Crippen MR) is 83.6 cm³/mol. The summed E-state index contributed by atoms with van der Waals surface area (Å²) in [6.45, 7) is 0. The lowest BCUT2D eigenvalue weighted by Crippen LogP contribution is -2.07. The van der Waals surface area contributed by atoms with Crippen LogP contribution < -0.4 is 0 Å². The maximum atomic E-state index is 12.6. The summed E-state index contributed by atoms with van der Waals surface area (Å²) in [7, 11) is -4.01. The molecule has 0 saturated carbocycles. The zero-order valence-electron chi connectivity index (χ0n) is 11.9. The molecule has 8 heteroatoms. The van der Waals surface area contributed by atoms with E-state index in [9.17, 15) is 21.6 Å². The molecule has 124 valence electrons. The molecule has 24 heavy (non-hydrogen) atoms. The van der Waals surface area contributed by atoms with Gasteiger partial charge in [0.05, 0.1) is 16.0 Å². The number of nitrogens with zero attached hydrogens (tertiary/aromatic N) is 1. The van der Waals surface area contributed by atoms with Crippen LogP contribution in [0.3, 0.4) is 0 Å². The highest BCUT2D eigenvalue weighted by atomic mass is 35.5. The maximum Gasteiger partial charge on any atom is 0.416 e. The maximum absolute atomic E-state index is 12.6. The Morgan fingerprint density at radius 3 is 2.21 bits per heavy atom. The molecule has 0 aliphatic heterocycles. The molecular weight excluding hydrogens is 363 g/mol. The molecule has 0 amide bonds. The van der Waals surface area contributed by atoms with Gasteiger partial charge in [-0.3, -0.25) is 0 Å². The van der Waals surface area contributed by atoms with E-state index in [1.165, 1.54) is 6.07 Å². The Morgan fingerprint density at radius 1 is 0.917 bits per heavy atom. The quantitative estimate of drug-likeness (QED) is 0.653. The number of alkyl halides is 3. The number of sulfone groups is 1. The fraction of sp³-hybridized carbons (Fsp3) is 0.0625. The number of aromatic nitrogens is 1. The summed E-state index contributed by atoms with van der Waals surface area (Å²) < 4.78 is 62.8. The second-order valence-corrected chi connectivity index (χ2v) is 7.35. The van der Waals surface area contributed by atoms with Gasteiger partial charge in [-0.05, 0) is 54.6 Å². The van der Waals surface area contributed by atoms with Crippen molar-refractivity contribution in [3.05, 3.63) is 65.2 Å². The zero-order valence-corrected chi connectivity index (χ0v) is 13.5. The summed E-state index contributed by atoms with van der Waals surface area (Å²) in [6, 6.07) is 10.9.